The zero-order valence-electron chi connectivity index (χ0n) is 19.8. The molecule has 0 aliphatic carbocycles. The van der Waals surface area contributed by atoms with E-state index in [9.17, 15) is 19.8 Å². The normalized spacial score (nSPS) is 17.0. The second kappa shape index (κ2) is 9.87. The van der Waals surface area contributed by atoms with Crippen LogP contribution in [0.4, 0.5) is 5.69 Å². The maximum atomic E-state index is 11.6. The standard InChI is InChI=1S/C28H23N3O5S/c1-2-16-6-8-20(9-7-16)31-25(24(30-28(31)37)21-5-3-4-12-29-21)23-11-10-22(36-23)17-13-18(26(32)33)15-19(14-17)27(34)35/h3-15,24-25H,2H2,1H3,(H,30,37)(H,32,33)(H,34,35). The van der Waals surface area contributed by atoms with Gasteiger partial charge in [-0.3, -0.25) is 4.98 Å². The number of carbonyl (C=O) groups is 2. The number of aromatic carboxylic acids is 2. The van der Waals surface area contributed by atoms with E-state index in [-0.39, 0.29) is 17.2 Å². The van der Waals surface area contributed by atoms with E-state index in [4.69, 9.17) is 16.6 Å². The second-order valence-corrected chi connectivity index (χ2v) is 9.01. The summed E-state index contributed by atoms with van der Waals surface area (Å²) >= 11 is 5.74. The van der Waals surface area contributed by atoms with Gasteiger partial charge in [0.15, 0.2) is 5.11 Å². The Morgan fingerprint density at radius 2 is 1.70 bits per heavy atom. The molecule has 2 atom stereocenters. The van der Waals surface area contributed by atoms with Crippen LogP contribution in [0.15, 0.2) is 83.4 Å². The van der Waals surface area contributed by atoms with Crippen LogP contribution in [0.25, 0.3) is 11.3 Å². The minimum atomic E-state index is -1.22. The van der Waals surface area contributed by atoms with Crippen molar-refractivity contribution in [2.75, 3.05) is 4.90 Å². The summed E-state index contributed by atoms with van der Waals surface area (Å²) in [5, 5.41) is 22.8. The largest absolute Gasteiger partial charge is 0.478 e. The van der Waals surface area contributed by atoms with Crippen molar-refractivity contribution in [3.8, 4) is 11.3 Å². The number of carboxylic acid groups (broad SMARTS) is 2. The number of nitrogens with zero attached hydrogens (tertiary/aromatic N) is 2. The van der Waals surface area contributed by atoms with Gasteiger partial charge >= 0.3 is 11.9 Å². The number of furan rings is 1. The van der Waals surface area contributed by atoms with Gasteiger partial charge in [-0.1, -0.05) is 25.1 Å². The number of hydrogen-bond acceptors (Lipinski definition) is 5. The first-order chi connectivity index (χ1) is 17.9. The number of rotatable bonds is 7. The molecule has 0 radical (unpaired) electrons. The van der Waals surface area contributed by atoms with Crippen molar-refractivity contribution in [3.63, 3.8) is 0 Å². The molecule has 4 aromatic rings. The maximum absolute atomic E-state index is 11.6. The predicted molar refractivity (Wildman–Crippen MR) is 142 cm³/mol. The number of aromatic nitrogens is 1. The van der Waals surface area contributed by atoms with Gasteiger partial charge in [-0.2, -0.15) is 0 Å². The van der Waals surface area contributed by atoms with Crippen LogP contribution in [0.2, 0.25) is 0 Å². The van der Waals surface area contributed by atoms with Crippen LogP contribution in [0.3, 0.4) is 0 Å². The molecule has 3 N–H and O–H groups in total. The molecule has 2 unspecified atom stereocenters. The van der Waals surface area contributed by atoms with E-state index >= 15 is 0 Å². The summed E-state index contributed by atoms with van der Waals surface area (Å²) in [6.45, 7) is 2.09. The molecule has 186 valence electrons. The number of anilines is 1. The van der Waals surface area contributed by atoms with Gasteiger partial charge in [0.05, 0.1) is 22.9 Å². The van der Waals surface area contributed by atoms with Gasteiger partial charge < -0.3 is 24.8 Å². The molecule has 1 aliphatic rings. The first-order valence-electron chi connectivity index (χ1n) is 11.7. The average molecular weight is 514 g/mol. The fraction of sp³-hybridized carbons (Fsp3) is 0.143. The number of aryl methyl sites for hydroxylation is 1. The van der Waals surface area contributed by atoms with Gasteiger partial charge in [0, 0.05) is 17.4 Å². The topological polar surface area (TPSA) is 116 Å². The van der Waals surface area contributed by atoms with Crippen molar-refractivity contribution in [2.24, 2.45) is 0 Å². The molecule has 5 rings (SSSR count). The van der Waals surface area contributed by atoms with E-state index in [1.54, 1.807) is 18.3 Å². The Morgan fingerprint density at radius 1 is 1.00 bits per heavy atom. The van der Waals surface area contributed by atoms with Crippen LogP contribution in [0, 0.1) is 0 Å². The monoisotopic (exact) mass is 513 g/mol. The van der Waals surface area contributed by atoms with Gasteiger partial charge in [-0.15, -0.1) is 0 Å². The molecule has 9 heteroatoms. The Hall–Kier alpha value is -4.50. The van der Waals surface area contributed by atoms with Crippen LogP contribution in [-0.2, 0) is 6.42 Å². The number of thiocarbonyl (C=S) groups is 1. The Morgan fingerprint density at radius 3 is 2.30 bits per heavy atom. The minimum absolute atomic E-state index is 0.138. The lowest BCUT2D eigenvalue weighted by Gasteiger charge is -2.26. The number of pyridine rings is 1. The predicted octanol–water partition coefficient (Wildman–Crippen LogP) is 5.48. The van der Waals surface area contributed by atoms with Crippen LogP contribution in [0.5, 0.6) is 0 Å². The van der Waals surface area contributed by atoms with Crippen molar-refractivity contribution in [2.45, 2.75) is 25.4 Å². The lowest BCUT2D eigenvalue weighted by Crippen LogP contribution is -2.29. The highest BCUT2D eigenvalue weighted by molar-refractivity contribution is 7.80. The van der Waals surface area contributed by atoms with Gasteiger partial charge in [-0.05, 0) is 78.8 Å². The number of carboxylic acids is 2. The lowest BCUT2D eigenvalue weighted by atomic mass is 10.0. The maximum Gasteiger partial charge on any atom is 0.335 e. The Labute approximate surface area is 218 Å². The van der Waals surface area contributed by atoms with E-state index in [1.807, 2.05) is 35.2 Å². The molecule has 0 bridgehead atoms. The molecule has 3 heterocycles. The zero-order chi connectivity index (χ0) is 26.1. The van der Waals surface area contributed by atoms with Gasteiger partial charge in [-0.25, -0.2) is 9.59 Å². The molecule has 2 aromatic heterocycles. The third-order valence-electron chi connectivity index (χ3n) is 6.35. The highest BCUT2D eigenvalue weighted by atomic mass is 32.1. The second-order valence-electron chi connectivity index (χ2n) is 8.63. The quantitative estimate of drug-likeness (QED) is 0.276. The molecular formula is C28H23N3O5S. The Bertz CT molecular complexity index is 1450. The van der Waals surface area contributed by atoms with Crippen LogP contribution < -0.4 is 10.2 Å². The zero-order valence-corrected chi connectivity index (χ0v) is 20.6. The Balaban J connectivity index is 1.60. The summed E-state index contributed by atoms with van der Waals surface area (Å²) in [5.74, 6) is -1.54. The summed E-state index contributed by atoms with van der Waals surface area (Å²) in [6.07, 6.45) is 2.63. The molecule has 1 saturated heterocycles. The molecule has 0 spiro atoms. The van der Waals surface area contributed by atoms with Crippen LogP contribution in [0.1, 0.15) is 56.7 Å². The van der Waals surface area contributed by atoms with Crippen molar-refractivity contribution in [1.29, 1.82) is 0 Å². The summed E-state index contributed by atoms with van der Waals surface area (Å²) in [6, 6.07) is 20.5. The fourth-order valence-corrected chi connectivity index (χ4v) is 4.84. The molecule has 0 saturated carbocycles. The molecule has 1 aliphatic heterocycles. The third-order valence-corrected chi connectivity index (χ3v) is 6.67. The highest BCUT2D eigenvalue weighted by Crippen LogP contribution is 2.43. The van der Waals surface area contributed by atoms with E-state index in [0.29, 0.717) is 22.2 Å². The number of hydrogen-bond donors (Lipinski definition) is 3. The molecule has 37 heavy (non-hydrogen) atoms. The fourth-order valence-electron chi connectivity index (χ4n) is 4.50. The van der Waals surface area contributed by atoms with Gasteiger partial charge in [0.1, 0.15) is 17.6 Å². The summed E-state index contributed by atoms with van der Waals surface area (Å²) in [5.41, 5.74) is 2.94. The van der Waals surface area contributed by atoms with Crippen molar-refractivity contribution >= 4 is 35.0 Å². The van der Waals surface area contributed by atoms with Crippen molar-refractivity contribution in [1.82, 2.24) is 10.3 Å². The lowest BCUT2D eigenvalue weighted by molar-refractivity contribution is 0.0696. The highest BCUT2D eigenvalue weighted by Gasteiger charge is 2.42. The van der Waals surface area contributed by atoms with E-state index in [2.05, 4.69) is 29.4 Å². The van der Waals surface area contributed by atoms with Crippen molar-refractivity contribution < 1.29 is 24.2 Å². The van der Waals surface area contributed by atoms with Crippen molar-refractivity contribution in [3.05, 3.63) is 107 Å². The van der Waals surface area contributed by atoms with E-state index < -0.39 is 18.0 Å². The average Bonchev–Trinajstić information content (AvgIpc) is 3.53. The molecule has 1 fully saturated rings. The minimum Gasteiger partial charge on any atom is -0.478 e. The third kappa shape index (κ3) is 4.68. The summed E-state index contributed by atoms with van der Waals surface area (Å²) in [7, 11) is 0. The smallest absolute Gasteiger partial charge is 0.335 e. The first-order valence-corrected chi connectivity index (χ1v) is 12.1. The first kappa shape index (κ1) is 24.2. The van der Waals surface area contributed by atoms with E-state index in [1.165, 1.54) is 17.7 Å². The molecule has 2 aromatic carbocycles. The SMILES string of the molecule is CCc1ccc(N2C(=S)NC(c3ccccn3)C2c2ccc(-c3cc(C(=O)O)cc(C(=O)O)c3)o2)cc1. The summed E-state index contributed by atoms with van der Waals surface area (Å²) < 4.78 is 6.26. The van der Waals surface area contributed by atoms with E-state index in [0.717, 1.165) is 23.9 Å². The molecule has 0 amide bonds. The number of nitrogens with one attached hydrogen (secondary N) is 1. The summed E-state index contributed by atoms with van der Waals surface area (Å²) in [4.78, 5) is 29.7. The Kier molecular flexibility index (Phi) is 6.45. The molecule has 8 nitrogen and oxygen atoms in total. The van der Waals surface area contributed by atoms with Crippen LogP contribution >= 0.6 is 12.2 Å². The van der Waals surface area contributed by atoms with Gasteiger partial charge in [0.2, 0.25) is 0 Å². The van der Waals surface area contributed by atoms with Gasteiger partial charge in [0.25, 0.3) is 0 Å². The molecular weight excluding hydrogens is 490 g/mol. The van der Waals surface area contributed by atoms with Crippen LogP contribution in [-0.4, -0.2) is 32.2 Å². The number of benzene rings is 2.